The smallest absolute Gasteiger partial charge is 0.0591 e. The number of halogens is 3. The molecule has 126 valence electrons. The molecule has 0 saturated heterocycles. The minimum Gasteiger partial charge on any atom is -0.278 e. The predicted octanol–water partition coefficient (Wildman–Crippen LogP) is 6.68. The first-order valence-corrected chi connectivity index (χ1v) is 8.82. The van der Waals surface area contributed by atoms with E-state index < -0.39 is 0 Å². The Morgan fingerprint density at radius 2 is 1.48 bits per heavy atom. The fourth-order valence-electron chi connectivity index (χ4n) is 2.36. The number of hydrogen-bond donors (Lipinski definition) is 1. The number of benzene rings is 3. The molecule has 0 aromatic heterocycles. The second-order valence-corrected chi connectivity index (χ2v) is 6.75. The monoisotopic (exact) mass is 388 g/mol. The van der Waals surface area contributed by atoms with Crippen molar-refractivity contribution < 1.29 is 0 Å². The Bertz CT molecular complexity index is 852. The van der Waals surface area contributed by atoms with Crippen LogP contribution in [0.3, 0.4) is 0 Å². The molecule has 0 radical (unpaired) electrons. The molecule has 0 unspecified atom stereocenters. The Balaban J connectivity index is 1.73. The van der Waals surface area contributed by atoms with Crippen LogP contribution in [0.5, 0.6) is 0 Å². The van der Waals surface area contributed by atoms with Crippen molar-refractivity contribution in [3.8, 4) is 0 Å². The maximum Gasteiger partial charge on any atom is 0.0591 e. The molecule has 0 aliphatic rings. The van der Waals surface area contributed by atoms with Crippen molar-refractivity contribution in [1.29, 1.82) is 0 Å². The highest BCUT2D eigenvalue weighted by Crippen LogP contribution is 2.31. The predicted molar refractivity (Wildman–Crippen MR) is 108 cm³/mol. The molecule has 3 aromatic carbocycles. The van der Waals surface area contributed by atoms with Crippen molar-refractivity contribution in [3.05, 3.63) is 98.5 Å². The van der Waals surface area contributed by atoms with Gasteiger partial charge in [-0.1, -0.05) is 77.3 Å². The third-order valence-corrected chi connectivity index (χ3v) is 4.57. The Labute approximate surface area is 162 Å². The third kappa shape index (κ3) is 4.99. The van der Waals surface area contributed by atoms with Gasteiger partial charge in [-0.2, -0.15) is 5.10 Å². The van der Waals surface area contributed by atoms with Crippen LogP contribution in [-0.4, -0.2) is 6.21 Å². The van der Waals surface area contributed by atoms with Gasteiger partial charge in [0.1, 0.15) is 0 Å². The molecule has 3 aromatic rings. The molecule has 0 aliphatic carbocycles. The fraction of sp³-hybridized carbons (Fsp3) is 0.0500. The lowest BCUT2D eigenvalue weighted by atomic mass is 10.0. The van der Waals surface area contributed by atoms with Gasteiger partial charge in [-0.3, -0.25) is 5.43 Å². The van der Waals surface area contributed by atoms with Crippen LogP contribution in [0.2, 0.25) is 15.1 Å². The van der Waals surface area contributed by atoms with Crippen molar-refractivity contribution in [2.24, 2.45) is 5.10 Å². The lowest BCUT2D eigenvalue weighted by molar-refractivity contribution is 1.19. The van der Waals surface area contributed by atoms with Gasteiger partial charge in [0.25, 0.3) is 0 Å². The molecule has 1 N–H and O–H groups in total. The van der Waals surface area contributed by atoms with E-state index in [1.54, 1.807) is 6.21 Å². The summed E-state index contributed by atoms with van der Waals surface area (Å²) in [5.41, 5.74) is 6.67. The van der Waals surface area contributed by atoms with E-state index in [0.29, 0.717) is 21.5 Å². The normalized spacial score (nSPS) is 11.0. The highest BCUT2D eigenvalue weighted by Gasteiger charge is 2.09. The molecule has 0 atom stereocenters. The highest BCUT2D eigenvalue weighted by molar-refractivity contribution is 6.36. The molecule has 0 heterocycles. The molecule has 0 bridgehead atoms. The van der Waals surface area contributed by atoms with Crippen LogP contribution in [0, 0.1) is 0 Å². The number of rotatable bonds is 5. The summed E-state index contributed by atoms with van der Waals surface area (Å²) in [6.45, 7) is 0. The number of nitrogens with zero attached hydrogens (tertiary/aromatic N) is 1. The van der Waals surface area contributed by atoms with Crippen molar-refractivity contribution in [2.45, 2.75) is 6.42 Å². The standard InChI is InChI=1S/C20H15Cl3N2/c21-16-8-6-14(7-9-16)10-18-19(22)11-17(12-20(18)23)25-24-13-15-4-2-1-3-5-15/h1-9,11-13,25H,10H2. The highest BCUT2D eigenvalue weighted by atomic mass is 35.5. The number of hydrogen-bond acceptors (Lipinski definition) is 2. The van der Waals surface area contributed by atoms with E-state index in [1.165, 1.54) is 0 Å². The molecule has 0 spiro atoms. The van der Waals surface area contributed by atoms with Gasteiger partial charge >= 0.3 is 0 Å². The van der Waals surface area contributed by atoms with E-state index in [-0.39, 0.29) is 0 Å². The summed E-state index contributed by atoms with van der Waals surface area (Å²) in [6.07, 6.45) is 2.38. The quantitative estimate of drug-likeness (QED) is 0.382. The molecular weight excluding hydrogens is 375 g/mol. The fourth-order valence-corrected chi connectivity index (χ4v) is 3.11. The van der Waals surface area contributed by atoms with Crippen molar-refractivity contribution in [1.82, 2.24) is 0 Å². The minimum absolute atomic E-state index is 0.597. The van der Waals surface area contributed by atoms with Crippen LogP contribution in [0.25, 0.3) is 0 Å². The first kappa shape index (κ1) is 17.8. The zero-order valence-electron chi connectivity index (χ0n) is 13.2. The van der Waals surface area contributed by atoms with Gasteiger partial charge in [0.05, 0.1) is 11.9 Å². The van der Waals surface area contributed by atoms with Crippen LogP contribution in [0.1, 0.15) is 16.7 Å². The van der Waals surface area contributed by atoms with Crippen LogP contribution in [0.15, 0.2) is 71.8 Å². The summed E-state index contributed by atoms with van der Waals surface area (Å²) >= 11 is 18.7. The van der Waals surface area contributed by atoms with Crippen molar-refractivity contribution in [2.75, 3.05) is 5.43 Å². The van der Waals surface area contributed by atoms with Crippen LogP contribution in [0.4, 0.5) is 5.69 Å². The summed E-state index contributed by atoms with van der Waals surface area (Å²) in [7, 11) is 0. The first-order valence-electron chi connectivity index (χ1n) is 7.68. The average Bonchev–Trinajstić information content (AvgIpc) is 2.61. The van der Waals surface area contributed by atoms with Gasteiger partial charge in [-0.05, 0) is 41.0 Å². The van der Waals surface area contributed by atoms with Crippen LogP contribution >= 0.6 is 34.8 Å². The zero-order chi connectivity index (χ0) is 17.6. The van der Waals surface area contributed by atoms with E-state index in [4.69, 9.17) is 34.8 Å². The van der Waals surface area contributed by atoms with E-state index >= 15 is 0 Å². The van der Waals surface area contributed by atoms with Gasteiger partial charge < -0.3 is 0 Å². The van der Waals surface area contributed by atoms with Gasteiger partial charge in [-0.25, -0.2) is 0 Å². The SMILES string of the molecule is Clc1ccc(Cc2c(Cl)cc(NN=Cc3ccccc3)cc2Cl)cc1. The van der Waals surface area contributed by atoms with E-state index in [1.807, 2.05) is 66.7 Å². The Hall–Kier alpha value is -2.00. The van der Waals surface area contributed by atoms with Crippen molar-refractivity contribution >= 4 is 46.7 Å². The molecule has 0 fully saturated rings. The summed E-state index contributed by atoms with van der Waals surface area (Å²) in [5, 5.41) is 6.11. The second kappa shape index (κ2) is 8.39. The van der Waals surface area contributed by atoms with Gasteiger partial charge in [0, 0.05) is 21.5 Å². The Morgan fingerprint density at radius 1 is 0.840 bits per heavy atom. The van der Waals surface area contributed by atoms with E-state index in [0.717, 1.165) is 22.4 Å². The third-order valence-electron chi connectivity index (χ3n) is 3.64. The molecule has 2 nitrogen and oxygen atoms in total. The number of nitrogens with one attached hydrogen (secondary N) is 1. The molecule has 25 heavy (non-hydrogen) atoms. The second-order valence-electron chi connectivity index (χ2n) is 5.50. The summed E-state index contributed by atoms with van der Waals surface area (Å²) < 4.78 is 0. The van der Waals surface area contributed by atoms with E-state index in [9.17, 15) is 0 Å². The van der Waals surface area contributed by atoms with Gasteiger partial charge in [0.15, 0.2) is 0 Å². The van der Waals surface area contributed by atoms with Crippen molar-refractivity contribution in [3.63, 3.8) is 0 Å². The van der Waals surface area contributed by atoms with E-state index in [2.05, 4.69) is 10.5 Å². The molecule has 3 rings (SSSR count). The largest absolute Gasteiger partial charge is 0.278 e. The summed E-state index contributed by atoms with van der Waals surface area (Å²) in [6, 6.07) is 21.1. The summed E-state index contributed by atoms with van der Waals surface area (Å²) in [4.78, 5) is 0. The van der Waals surface area contributed by atoms with Crippen LogP contribution in [-0.2, 0) is 6.42 Å². The lowest BCUT2D eigenvalue weighted by Gasteiger charge is -2.10. The molecule has 5 heteroatoms. The number of anilines is 1. The number of hydrazone groups is 1. The summed E-state index contributed by atoms with van der Waals surface area (Å²) in [5.74, 6) is 0. The lowest BCUT2D eigenvalue weighted by Crippen LogP contribution is -1.95. The van der Waals surface area contributed by atoms with Gasteiger partial charge in [0.2, 0.25) is 0 Å². The molecular formula is C20H15Cl3N2. The Morgan fingerprint density at radius 3 is 2.12 bits per heavy atom. The average molecular weight is 390 g/mol. The molecule has 0 aliphatic heterocycles. The molecule has 0 saturated carbocycles. The topological polar surface area (TPSA) is 24.4 Å². The van der Waals surface area contributed by atoms with Crippen LogP contribution < -0.4 is 5.43 Å². The Kier molecular flexibility index (Phi) is 5.98. The first-order chi connectivity index (χ1) is 12.1. The minimum atomic E-state index is 0.597. The van der Waals surface area contributed by atoms with Gasteiger partial charge in [-0.15, -0.1) is 0 Å². The zero-order valence-corrected chi connectivity index (χ0v) is 15.5. The molecule has 0 amide bonds. The maximum absolute atomic E-state index is 6.41. The maximum atomic E-state index is 6.41.